The highest BCUT2D eigenvalue weighted by molar-refractivity contribution is 7.81. The lowest BCUT2D eigenvalue weighted by molar-refractivity contribution is -0.117. The van der Waals surface area contributed by atoms with Crippen molar-refractivity contribution in [2.75, 3.05) is 16.3 Å². The molecule has 30 heavy (non-hydrogen) atoms. The number of aryl methyl sites for hydroxylation is 1. The molecular formula is C22H18N6OS. The molecule has 0 spiro atoms. The van der Waals surface area contributed by atoms with E-state index < -0.39 is 0 Å². The minimum absolute atomic E-state index is 0.0773. The quantitative estimate of drug-likeness (QED) is 0.605. The van der Waals surface area contributed by atoms with E-state index in [1.807, 2.05) is 35.2 Å². The summed E-state index contributed by atoms with van der Waals surface area (Å²) in [5.74, 6) is -0.0773. The molecule has 2 aromatic heterocycles. The second-order valence-electron chi connectivity index (χ2n) is 6.91. The zero-order valence-electron chi connectivity index (χ0n) is 16.3. The summed E-state index contributed by atoms with van der Waals surface area (Å²) in [6, 6.07) is 11.8. The number of carbonyl (C=O) groups excluding carboxylic acids is 1. The van der Waals surface area contributed by atoms with Crippen LogP contribution < -0.4 is 9.80 Å². The van der Waals surface area contributed by atoms with Gasteiger partial charge in [0.05, 0.1) is 11.9 Å². The Kier molecular flexibility index (Phi) is 5.46. The number of hydrogen-bond acceptors (Lipinski definition) is 6. The smallest absolute Gasteiger partial charge is 0.233 e. The molecule has 0 N–H and O–H groups in total. The van der Waals surface area contributed by atoms with Crippen LogP contribution in [0.2, 0.25) is 0 Å². The van der Waals surface area contributed by atoms with Crippen LogP contribution in [0.4, 0.5) is 11.4 Å². The molecule has 3 aromatic rings. The summed E-state index contributed by atoms with van der Waals surface area (Å²) in [7, 11) is 0. The van der Waals surface area contributed by atoms with E-state index in [1.165, 1.54) is 17.4 Å². The Morgan fingerprint density at radius 3 is 2.47 bits per heavy atom. The number of carbonyl (C=O) groups is 1. The van der Waals surface area contributed by atoms with Crippen molar-refractivity contribution in [3.63, 3.8) is 0 Å². The van der Waals surface area contributed by atoms with Gasteiger partial charge in [-0.2, -0.15) is 5.26 Å². The SMILES string of the molecule is Cc1cc(N2C(=O)CCCN(c3ccc(-c4cncnc4)cc3)C2=S)cnc1C#N. The van der Waals surface area contributed by atoms with E-state index in [0.29, 0.717) is 41.4 Å². The van der Waals surface area contributed by atoms with E-state index in [9.17, 15) is 4.79 Å². The van der Waals surface area contributed by atoms with Crippen LogP contribution in [-0.2, 0) is 4.79 Å². The molecule has 0 aliphatic carbocycles. The number of anilines is 2. The molecule has 0 radical (unpaired) electrons. The number of hydrogen-bond donors (Lipinski definition) is 0. The third-order valence-corrected chi connectivity index (χ3v) is 5.35. The molecule has 1 aliphatic rings. The van der Waals surface area contributed by atoms with Gasteiger partial charge in [0.2, 0.25) is 5.91 Å². The fraction of sp³-hybridized carbons (Fsp3) is 0.182. The van der Waals surface area contributed by atoms with E-state index in [2.05, 4.69) is 15.0 Å². The summed E-state index contributed by atoms with van der Waals surface area (Å²) < 4.78 is 0. The molecule has 0 atom stereocenters. The predicted octanol–water partition coefficient (Wildman–Crippen LogP) is 3.64. The van der Waals surface area contributed by atoms with Crippen molar-refractivity contribution >= 4 is 34.6 Å². The Morgan fingerprint density at radius 2 is 1.80 bits per heavy atom. The molecule has 0 bridgehead atoms. The fourth-order valence-electron chi connectivity index (χ4n) is 3.40. The summed E-state index contributed by atoms with van der Waals surface area (Å²) in [4.78, 5) is 28.6. The van der Waals surface area contributed by atoms with Gasteiger partial charge in [0, 0.05) is 36.6 Å². The number of thiocarbonyl (C=S) groups is 1. The lowest BCUT2D eigenvalue weighted by Gasteiger charge is -2.29. The molecule has 7 nitrogen and oxygen atoms in total. The molecule has 1 aromatic carbocycles. The van der Waals surface area contributed by atoms with Gasteiger partial charge in [-0.3, -0.25) is 9.69 Å². The molecule has 1 saturated heterocycles. The molecular weight excluding hydrogens is 396 g/mol. The van der Waals surface area contributed by atoms with Gasteiger partial charge in [-0.25, -0.2) is 15.0 Å². The summed E-state index contributed by atoms with van der Waals surface area (Å²) in [5, 5.41) is 9.53. The van der Waals surface area contributed by atoms with Gasteiger partial charge in [-0.05, 0) is 54.9 Å². The lowest BCUT2D eigenvalue weighted by atomic mass is 10.1. The van der Waals surface area contributed by atoms with Crippen LogP contribution in [0.1, 0.15) is 24.1 Å². The maximum Gasteiger partial charge on any atom is 0.233 e. The van der Waals surface area contributed by atoms with E-state index >= 15 is 0 Å². The first-order valence-corrected chi connectivity index (χ1v) is 9.86. The zero-order chi connectivity index (χ0) is 21.1. The number of nitrogens with zero attached hydrogens (tertiary/aromatic N) is 6. The lowest BCUT2D eigenvalue weighted by Crippen LogP contribution is -2.44. The first-order valence-electron chi connectivity index (χ1n) is 9.45. The Labute approximate surface area is 179 Å². The average molecular weight is 414 g/mol. The largest absolute Gasteiger partial charge is 0.318 e. The van der Waals surface area contributed by atoms with E-state index in [1.54, 1.807) is 25.4 Å². The van der Waals surface area contributed by atoms with Crippen molar-refractivity contribution in [1.29, 1.82) is 5.26 Å². The van der Waals surface area contributed by atoms with Gasteiger partial charge in [0.25, 0.3) is 0 Å². The van der Waals surface area contributed by atoms with Gasteiger partial charge < -0.3 is 4.90 Å². The highest BCUT2D eigenvalue weighted by Gasteiger charge is 2.29. The van der Waals surface area contributed by atoms with Crippen LogP contribution in [-0.4, -0.2) is 32.5 Å². The third-order valence-electron chi connectivity index (χ3n) is 4.94. The topological polar surface area (TPSA) is 86.0 Å². The van der Waals surface area contributed by atoms with Crippen molar-refractivity contribution in [2.24, 2.45) is 0 Å². The van der Waals surface area contributed by atoms with Crippen LogP contribution in [0.5, 0.6) is 0 Å². The highest BCUT2D eigenvalue weighted by Crippen LogP contribution is 2.28. The molecule has 3 heterocycles. The minimum atomic E-state index is -0.0773. The minimum Gasteiger partial charge on any atom is -0.318 e. The van der Waals surface area contributed by atoms with E-state index in [4.69, 9.17) is 17.5 Å². The molecule has 1 aliphatic heterocycles. The number of benzene rings is 1. The number of amides is 1. The van der Waals surface area contributed by atoms with Crippen molar-refractivity contribution in [2.45, 2.75) is 19.8 Å². The number of aromatic nitrogens is 3. The van der Waals surface area contributed by atoms with Crippen LogP contribution in [0.25, 0.3) is 11.1 Å². The zero-order valence-corrected chi connectivity index (χ0v) is 17.1. The second kappa shape index (κ2) is 8.35. The fourth-order valence-corrected chi connectivity index (χ4v) is 3.80. The van der Waals surface area contributed by atoms with Crippen LogP contribution in [0.15, 0.2) is 55.2 Å². The maximum absolute atomic E-state index is 12.8. The second-order valence-corrected chi connectivity index (χ2v) is 7.28. The Balaban J connectivity index is 1.66. The molecule has 4 rings (SSSR count). The molecule has 148 valence electrons. The summed E-state index contributed by atoms with van der Waals surface area (Å²) >= 11 is 5.73. The van der Waals surface area contributed by atoms with E-state index in [0.717, 1.165) is 16.8 Å². The number of pyridine rings is 1. The van der Waals surface area contributed by atoms with Crippen molar-refractivity contribution in [3.05, 3.63) is 66.5 Å². The van der Waals surface area contributed by atoms with Gasteiger partial charge in [0.15, 0.2) is 5.11 Å². The standard InChI is InChI=1S/C22H18N6OS/c1-15-9-19(13-26-20(15)10-23)28-21(29)3-2-8-27(22(28)30)18-6-4-16(5-7-18)17-11-24-14-25-12-17/h4-7,9,11-14H,2-3,8H2,1H3. The van der Waals surface area contributed by atoms with Gasteiger partial charge in [0.1, 0.15) is 18.1 Å². The first-order chi connectivity index (χ1) is 14.6. The Morgan fingerprint density at radius 1 is 1.07 bits per heavy atom. The summed E-state index contributed by atoms with van der Waals surface area (Å²) in [6.45, 7) is 2.43. The Hall–Kier alpha value is -3.70. The van der Waals surface area contributed by atoms with Gasteiger partial charge >= 0.3 is 0 Å². The van der Waals surface area contributed by atoms with E-state index in [-0.39, 0.29) is 5.91 Å². The average Bonchev–Trinajstić information content (AvgIpc) is 2.92. The predicted molar refractivity (Wildman–Crippen MR) is 118 cm³/mol. The number of nitriles is 1. The van der Waals surface area contributed by atoms with Crippen molar-refractivity contribution in [1.82, 2.24) is 15.0 Å². The third kappa shape index (κ3) is 3.75. The van der Waals surface area contributed by atoms with Crippen molar-refractivity contribution in [3.8, 4) is 17.2 Å². The first kappa shape index (κ1) is 19.6. The summed E-state index contributed by atoms with van der Waals surface area (Å²) in [5.41, 5.74) is 4.45. The maximum atomic E-state index is 12.8. The van der Waals surface area contributed by atoms with Crippen molar-refractivity contribution < 1.29 is 4.79 Å². The monoisotopic (exact) mass is 414 g/mol. The molecule has 1 fully saturated rings. The Bertz CT molecular complexity index is 1140. The van der Waals surface area contributed by atoms with Gasteiger partial charge in [-0.1, -0.05) is 12.1 Å². The molecule has 1 amide bonds. The molecule has 0 saturated carbocycles. The van der Waals surface area contributed by atoms with Crippen LogP contribution in [0.3, 0.4) is 0 Å². The number of rotatable bonds is 3. The van der Waals surface area contributed by atoms with Crippen LogP contribution >= 0.6 is 12.2 Å². The molecule has 0 unspecified atom stereocenters. The van der Waals surface area contributed by atoms with Crippen LogP contribution in [0, 0.1) is 18.3 Å². The van der Waals surface area contributed by atoms with Gasteiger partial charge in [-0.15, -0.1) is 0 Å². The highest BCUT2D eigenvalue weighted by atomic mass is 32.1. The normalized spacial score (nSPS) is 14.4. The summed E-state index contributed by atoms with van der Waals surface area (Å²) in [6.07, 6.45) is 7.62. The molecule has 8 heteroatoms.